The number of Topliss-reactive ketones (excluding diaryl/α,β-unsaturated/α-hetero) is 1. The Morgan fingerprint density at radius 2 is 1.41 bits per heavy atom. The Kier molecular flexibility index (Phi) is 14.9. The molecule has 0 spiro atoms. The van der Waals surface area contributed by atoms with Crippen LogP contribution in [0.2, 0.25) is 0 Å². The van der Waals surface area contributed by atoms with E-state index >= 15 is 4.79 Å². The summed E-state index contributed by atoms with van der Waals surface area (Å²) in [6.07, 6.45) is -12.9. The SMILES string of the molecule is CC(=O)O[C@H]1C(=O)[C@]2(C)[C@@H](OC(=O)OCC(Cl)(Cl)Cl)C[C@H]3OC[C@@]3(OC(C)=O)[C@H]2[C@H](OC(=O)c2ccccc2)[C@]2(O)C[C@H](OC(=O)[C@H](O)C(NC(=O)c3ccccc3)c3ccccc3)C(C)=C1C2(C)C. The fourth-order valence-electron chi connectivity index (χ4n) is 10.6. The first-order chi connectivity index (χ1) is 32.9. The van der Waals surface area contributed by atoms with Crippen molar-refractivity contribution in [2.24, 2.45) is 16.7 Å². The lowest BCUT2D eigenvalue weighted by atomic mass is 9.44. The number of rotatable bonds is 12. The molecule has 0 radical (unpaired) electrons. The molecule has 17 nitrogen and oxygen atoms in total. The third-order valence-corrected chi connectivity index (χ3v) is 14.4. The van der Waals surface area contributed by atoms with Crippen molar-refractivity contribution in [2.45, 2.75) is 112 Å². The van der Waals surface area contributed by atoms with Gasteiger partial charge in [-0.3, -0.25) is 19.2 Å². The number of ketones is 1. The van der Waals surface area contributed by atoms with Gasteiger partial charge >= 0.3 is 30.0 Å². The summed E-state index contributed by atoms with van der Waals surface area (Å²) < 4.78 is 39.6. The summed E-state index contributed by atoms with van der Waals surface area (Å²) in [4.78, 5) is 98.6. The molecule has 3 aromatic rings. The number of hydrogen-bond donors (Lipinski definition) is 3. The molecule has 7 rings (SSSR count). The highest BCUT2D eigenvalue weighted by molar-refractivity contribution is 6.67. The van der Waals surface area contributed by atoms with E-state index in [1.807, 2.05) is 0 Å². The monoisotopic (exact) mass is 1030 g/mol. The van der Waals surface area contributed by atoms with Gasteiger partial charge in [0, 0.05) is 37.7 Å². The molecule has 70 heavy (non-hydrogen) atoms. The van der Waals surface area contributed by atoms with Gasteiger partial charge in [0.15, 0.2) is 23.6 Å². The quantitative estimate of drug-likeness (QED) is 0.0785. The average molecular weight is 1030 g/mol. The number of aliphatic hydroxyl groups is 2. The fourth-order valence-corrected chi connectivity index (χ4v) is 10.8. The van der Waals surface area contributed by atoms with Gasteiger partial charge in [-0.15, -0.1) is 0 Å². The molecule has 20 heteroatoms. The van der Waals surface area contributed by atoms with E-state index in [2.05, 4.69) is 5.32 Å². The first kappa shape index (κ1) is 52.3. The molecule has 3 fully saturated rings. The van der Waals surface area contributed by atoms with Crippen LogP contribution in [0.1, 0.15) is 86.7 Å². The van der Waals surface area contributed by atoms with Crippen LogP contribution in [0.25, 0.3) is 0 Å². The maximum absolute atomic E-state index is 16.0. The Morgan fingerprint density at radius 3 is 1.96 bits per heavy atom. The Hall–Kier alpha value is -5.56. The molecular weight excluding hydrogens is 977 g/mol. The number of carbonyl (C=O) groups is 7. The van der Waals surface area contributed by atoms with Gasteiger partial charge in [0.1, 0.15) is 36.6 Å². The molecule has 374 valence electrons. The Bertz CT molecular complexity index is 2560. The zero-order chi connectivity index (χ0) is 51.1. The van der Waals surface area contributed by atoms with E-state index in [1.165, 1.54) is 39.8 Å². The minimum Gasteiger partial charge on any atom is -0.456 e. The van der Waals surface area contributed by atoms with Crippen molar-refractivity contribution in [3.63, 3.8) is 0 Å². The van der Waals surface area contributed by atoms with E-state index in [4.69, 9.17) is 68.0 Å². The number of benzene rings is 3. The van der Waals surface area contributed by atoms with Crippen molar-refractivity contribution in [3.05, 3.63) is 119 Å². The van der Waals surface area contributed by atoms with E-state index in [9.17, 15) is 39.0 Å². The second-order valence-corrected chi connectivity index (χ2v) is 21.1. The fraction of sp³-hybridized carbons (Fsp3) is 0.460. The number of amides is 1. The molecule has 4 aliphatic rings. The highest BCUT2D eigenvalue weighted by atomic mass is 35.6. The molecule has 0 aromatic heterocycles. The van der Waals surface area contributed by atoms with Crippen LogP contribution in [0.15, 0.2) is 102 Å². The maximum Gasteiger partial charge on any atom is 0.508 e. The van der Waals surface area contributed by atoms with E-state index in [1.54, 1.807) is 78.9 Å². The molecule has 11 atom stereocenters. The number of esters is 4. The van der Waals surface area contributed by atoms with Crippen LogP contribution in [-0.4, -0.2) is 117 Å². The van der Waals surface area contributed by atoms with Gasteiger partial charge < -0.3 is 48.7 Å². The molecule has 2 bridgehead atoms. The summed E-state index contributed by atoms with van der Waals surface area (Å²) in [5.41, 5.74) is -7.97. The molecule has 1 heterocycles. The average Bonchev–Trinajstić information content (AvgIpc) is 3.30. The maximum atomic E-state index is 16.0. The first-order valence-corrected chi connectivity index (χ1v) is 23.4. The molecular formula is C50H52Cl3NO16. The Balaban J connectivity index is 1.42. The summed E-state index contributed by atoms with van der Waals surface area (Å²) in [5, 5.41) is 28.5. The predicted molar refractivity (Wildman–Crippen MR) is 248 cm³/mol. The first-order valence-electron chi connectivity index (χ1n) is 22.3. The minimum atomic E-state index is -2.53. The molecule has 1 amide bonds. The Labute approximate surface area is 417 Å². The lowest BCUT2D eigenvalue weighted by Gasteiger charge is -2.67. The Morgan fingerprint density at radius 1 is 0.829 bits per heavy atom. The van der Waals surface area contributed by atoms with Crippen LogP contribution in [0, 0.1) is 16.7 Å². The molecule has 2 saturated carbocycles. The third kappa shape index (κ3) is 9.76. The standard InChI is InChI=1S/C50H52Cl3NO16/c1-26-32(67-44(61)37(57)36(29-16-10-7-11-17-29)54-42(59)30-18-12-8-13-19-30)23-49(63)41(69-43(60)31-20-14-9-15-21-31)39-47(6,40(58)38(66-27(2)55)35(26)46(49,4)5)33(68-45(62)65-25-50(51,52)53)22-34-48(39,24-64-34)70-28(3)56/h7-21,32-34,36-39,41,57,63H,22-25H2,1-6H3,(H,54,59)/t32-,33-,34+,36?,37+,38+,39-,41-,47+,48-,49+/m0/s1. The van der Waals surface area contributed by atoms with Crippen LogP contribution in [0.3, 0.4) is 0 Å². The predicted octanol–water partition coefficient (Wildman–Crippen LogP) is 6.27. The lowest BCUT2D eigenvalue weighted by molar-refractivity contribution is -0.346. The lowest BCUT2D eigenvalue weighted by Crippen LogP contribution is -2.82. The van der Waals surface area contributed by atoms with Gasteiger partial charge in [-0.05, 0) is 54.8 Å². The van der Waals surface area contributed by atoms with Crippen molar-refractivity contribution < 1.29 is 76.9 Å². The number of alkyl halides is 3. The van der Waals surface area contributed by atoms with Crippen LogP contribution >= 0.6 is 34.8 Å². The van der Waals surface area contributed by atoms with Gasteiger partial charge in [-0.25, -0.2) is 14.4 Å². The molecule has 3 aliphatic carbocycles. The van der Waals surface area contributed by atoms with Crippen molar-refractivity contribution in [1.82, 2.24) is 5.32 Å². The van der Waals surface area contributed by atoms with Gasteiger partial charge in [0.05, 0.1) is 29.5 Å². The highest BCUT2D eigenvalue weighted by Crippen LogP contribution is 2.65. The summed E-state index contributed by atoms with van der Waals surface area (Å²) >= 11 is 17.6. The van der Waals surface area contributed by atoms with Crippen LogP contribution in [0.4, 0.5) is 4.79 Å². The smallest absolute Gasteiger partial charge is 0.456 e. The number of ether oxygens (including phenoxy) is 7. The van der Waals surface area contributed by atoms with Crippen molar-refractivity contribution in [1.29, 1.82) is 0 Å². The minimum absolute atomic E-state index is 0.00279. The third-order valence-electron chi connectivity index (χ3n) is 14.0. The van der Waals surface area contributed by atoms with Gasteiger partial charge in [0.25, 0.3) is 5.91 Å². The molecule has 1 unspecified atom stereocenters. The van der Waals surface area contributed by atoms with Crippen molar-refractivity contribution in [2.75, 3.05) is 13.2 Å². The number of aliphatic hydroxyl groups excluding tert-OH is 1. The normalized spacial score (nSPS) is 29.7. The molecule has 1 saturated heterocycles. The summed E-state index contributed by atoms with van der Waals surface area (Å²) in [5.74, 6) is -7.48. The van der Waals surface area contributed by atoms with Crippen LogP contribution in [0.5, 0.6) is 0 Å². The summed E-state index contributed by atoms with van der Waals surface area (Å²) in [7, 11) is 0. The van der Waals surface area contributed by atoms with Crippen molar-refractivity contribution in [3.8, 4) is 0 Å². The summed E-state index contributed by atoms with van der Waals surface area (Å²) in [6, 6.07) is 22.5. The number of fused-ring (bicyclic) bond motifs is 5. The van der Waals surface area contributed by atoms with E-state index in [0.29, 0.717) is 5.56 Å². The van der Waals surface area contributed by atoms with Crippen LogP contribution in [-0.2, 0) is 52.3 Å². The topological polar surface area (TPSA) is 237 Å². The van der Waals surface area contributed by atoms with E-state index in [-0.39, 0.29) is 28.7 Å². The van der Waals surface area contributed by atoms with Crippen molar-refractivity contribution >= 4 is 76.5 Å². The summed E-state index contributed by atoms with van der Waals surface area (Å²) in [6.45, 7) is 6.75. The number of halogens is 3. The van der Waals surface area contributed by atoms with E-state index in [0.717, 1.165) is 13.8 Å². The number of nitrogens with one attached hydrogen (secondary N) is 1. The second kappa shape index (κ2) is 19.9. The van der Waals surface area contributed by atoms with Gasteiger partial charge in [-0.2, -0.15) is 0 Å². The molecule has 3 aromatic carbocycles. The molecule has 1 aliphatic heterocycles. The van der Waals surface area contributed by atoms with Gasteiger partial charge in [0.2, 0.25) is 3.79 Å². The number of hydrogen-bond acceptors (Lipinski definition) is 16. The number of carbonyl (C=O) groups excluding carboxylic acids is 7. The molecule has 3 N–H and O–H groups in total. The largest absolute Gasteiger partial charge is 0.508 e. The van der Waals surface area contributed by atoms with Gasteiger partial charge in [-0.1, -0.05) is 115 Å². The zero-order valence-electron chi connectivity index (χ0n) is 38.9. The second-order valence-electron chi connectivity index (χ2n) is 18.6. The van der Waals surface area contributed by atoms with E-state index < -0.39 is 136 Å². The van der Waals surface area contributed by atoms with Crippen LogP contribution < -0.4 is 5.32 Å². The zero-order valence-corrected chi connectivity index (χ0v) is 41.1. The highest BCUT2D eigenvalue weighted by Gasteiger charge is 2.79.